The van der Waals surface area contributed by atoms with Crippen LogP contribution >= 0.6 is 11.6 Å². The van der Waals surface area contributed by atoms with E-state index in [-0.39, 0.29) is 11.8 Å². The third kappa shape index (κ3) is 5.12. The fourth-order valence-electron chi connectivity index (χ4n) is 3.94. The first-order chi connectivity index (χ1) is 16.0. The van der Waals surface area contributed by atoms with Gasteiger partial charge in [-0.25, -0.2) is 0 Å². The van der Waals surface area contributed by atoms with Crippen LogP contribution in [0.1, 0.15) is 26.3 Å². The lowest BCUT2D eigenvalue weighted by Crippen LogP contribution is -2.49. The predicted molar refractivity (Wildman–Crippen MR) is 132 cm³/mol. The average Bonchev–Trinajstić information content (AvgIpc) is 2.84. The number of hydrogen-bond acceptors (Lipinski definition) is 4. The Bertz CT molecular complexity index is 1170. The number of carbonyl (C=O) groups excluding carboxylic acids is 2. The van der Waals surface area contributed by atoms with Crippen LogP contribution in [0.2, 0.25) is 5.02 Å². The van der Waals surface area contributed by atoms with Gasteiger partial charge in [0.05, 0.1) is 17.8 Å². The molecule has 170 valence electrons. The number of nitrogens with zero attached hydrogens (tertiary/aromatic N) is 2. The van der Waals surface area contributed by atoms with Gasteiger partial charge in [0.2, 0.25) is 0 Å². The van der Waals surface area contributed by atoms with Crippen molar-refractivity contribution >= 4 is 34.8 Å². The minimum Gasteiger partial charge on any atom is -0.497 e. The molecule has 3 aromatic rings. The van der Waals surface area contributed by atoms with Crippen LogP contribution in [-0.4, -0.2) is 50.0 Å². The van der Waals surface area contributed by atoms with Crippen LogP contribution in [0, 0.1) is 6.92 Å². The second kappa shape index (κ2) is 9.96. The molecule has 0 radical (unpaired) electrons. The summed E-state index contributed by atoms with van der Waals surface area (Å²) in [5.74, 6) is 0.451. The first-order valence-corrected chi connectivity index (χ1v) is 11.2. The highest BCUT2D eigenvalue weighted by molar-refractivity contribution is 6.33. The number of piperazine rings is 1. The minimum absolute atomic E-state index is 0.0643. The largest absolute Gasteiger partial charge is 0.497 e. The molecule has 0 aliphatic carbocycles. The Morgan fingerprint density at radius 2 is 1.70 bits per heavy atom. The van der Waals surface area contributed by atoms with E-state index in [2.05, 4.69) is 10.2 Å². The Hall–Kier alpha value is -3.51. The van der Waals surface area contributed by atoms with E-state index >= 15 is 0 Å². The molecule has 0 spiro atoms. The average molecular weight is 464 g/mol. The van der Waals surface area contributed by atoms with Crippen LogP contribution in [0.25, 0.3) is 0 Å². The van der Waals surface area contributed by atoms with E-state index in [9.17, 15) is 9.59 Å². The van der Waals surface area contributed by atoms with E-state index in [1.54, 1.807) is 37.4 Å². The zero-order valence-corrected chi connectivity index (χ0v) is 19.4. The highest BCUT2D eigenvalue weighted by atomic mass is 35.5. The Morgan fingerprint density at radius 3 is 2.39 bits per heavy atom. The van der Waals surface area contributed by atoms with Crippen molar-refractivity contribution in [3.8, 4) is 5.75 Å². The fraction of sp³-hybridized carbons (Fsp3) is 0.231. The van der Waals surface area contributed by atoms with Crippen LogP contribution < -0.4 is 15.0 Å². The number of aryl methyl sites for hydroxylation is 1. The second-order valence-electron chi connectivity index (χ2n) is 7.95. The number of hydrogen-bond donors (Lipinski definition) is 1. The van der Waals surface area contributed by atoms with Crippen LogP contribution in [0.15, 0.2) is 66.7 Å². The van der Waals surface area contributed by atoms with Crippen molar-refractivity contribution < 1.29 is 14.3 Å². The van der Waals surface area contributed by atoms with E-state index < -0.39 is 0 Å². The number of amides is 2. The summed E-state index contributed by atoms with van der Waals surface area (Å²) in [7, 11) is 1.56. The zero-order chi connectivity index (χ0) is 23.4. The normalized spacial score (nSPS) is 13.5. The molecule has 0 bridgehead atoms. The molecule has 1 aliphatic rings. The molecule has 3 aromatic carbocycles. The Balaban J connectivity index is 1.39. The van der Waals surface area contributed by atoms with Gasteiger partial charge in [-0.15, -0.1) is 0 Å². The van der Waals surface area contributed by atoms with Gasteiger partial charge in [0.25, 0.3) is 11.8 Å². The summed E-state index contributed by atoms with van der Waals surface area (Å²) in [6.45, 7) is 4.58. The number of methoxy groups -OCH3 is 1. The van der Waals surface area contributed by atoms with E-state index in [4.69, 9.17) is 16.3 Å². The van der Waals surface area contributed by atoms with Crippen LogP contribution in [0.3, 0.4) is 0 Å². The van der Waals surface area contributed by atoms with Crippen molar-refractivity contribution in [2.24, 2.45) is 0 Å². The Morgan fingerprint density at radius 1 is 0.939 bits per heavy atom. The van der Waals surface area contributed by atoms with E-state index in [1.165, 1.54) is 0 Å². The summed E-state index contributed by atoms with van der Waals surface area (Å²) in [6.07, 6.45) is 0. The molecule has 7 heteroatoms. The molecule has 4 rings (SSSR count). The molecule has 0 aromatic heterocycles. The molecule has 0 unspecified atom stereocenters. The van der Waals surface area contributed by atoms with Gasteiger partial charge in [0.15, 0.2) is 0 Å². The lowest BCUT2D eigenvalue weighted by Gasteiger charge is -2.36. The van der Waals surface area contributed by atoms with Crippen LogP contribution in [-0.2, 0) is 0 Å². The maximum absolute atomic E-state index is 12.9. The third-order valence-corrected chi connectivity index (χ3v) is 6.12. The molecule has 0 atom stereocenters. The summed E-state index contributed by atoms with van der Waals surface area (Å²) < 4.78 is 5.18. The van der Waals surface area contributed by atoms with Crippen molar-refractivity contribution in [1.29, 1.82) is 0 Å². The highest BCUT2D eigenvalue weighted by Crippen LogP contribution is 2.30. The standard InChI is InChI=1S/C26H26ClN3O3/c1-18-6-3-4-9-22(18)26(32)30-14-12-29(13-15-30)24-11-10-20(17-23(24)27)28-25(31)19-7-5-8-21(16-19)33-2/h3-11,16-17H,12-15H2,1-2H3,(H,28,31). The number of halogens is 1. The number of nitrogens with one attached hydrogen (secondary N) is 1. The van der Waals surface area contributed by atoms with Gasteiger partial charge in [-0.05, 0) is 55.0 Å². The predicted octanol–water partition coefficient (Wildman–Crippen LogP) is 4.87. The number of anilines is 2. The summed E-state index contributed by atoms with van der Waals surface area (Å²) in [5, 5.41) is 3.43. The zero-order valence-electron chi connectivity index (χ0n) is 18.7. The van der Waals surface area contributed by atoms with E-state index in [1.807, 2.05) is 48.2 Å². The lowest BCUT2D eigenvalue weighted by atomic mass is 10.1. The molecule has 1 N–H and O–H groups in total. The van der Waals surface area contributed by atoms with Gasteiger partial charge >= 0.3 is 0 Å². The third-order valence-electron chi connectivity index (χ3n) is 5.82. The highest BCUT2D eigenvalue weighted by Gasteiger charge is 2.24. The van der Waals surface area contributed by atoms with Gasteiger partial charge in [-0.1, -0.05) is 35.9 Å². The summed E-state index contributed by atoms with van der Waals surface area (Å²) in [4.78, 5) is 29.5. The van der Waals surface area contributed by atoms with Crippen molar-refractivity contribution in [3.63, 3.8) is 0 Å². The number of rotatable bonds is 5. The van der Waals surface area contributed by atoms with Crippen molar-refractivity contribution in [2.45, 2.75) is 6.92 Å². The Kier molecular flexibility index (Phi) is 6.84. The molecule has 1 aliphatic heterocycles. The van der Waals surface area contributed by atoms with Crippen molar-refractivity contribution in [1.82, 2.24) is 4.90 Å². The number of ether oxygens (including phenoxy) is 1. The van der Waals surface area contributed by atoms with Gasteiger partial charge in [-0.3, -0.25) is 9.59 Å². The first kappa shape index (κ1) is 22.7. The maximum atomic E-state index is 12.9. The molecule has 1 saturated heterocycles. The van der Waals surface area contributed by atoms with Crippen molar-refractivity contribution in [2.75, 3.05) is 43.5 Å². The van der Waals surface area contributed by atoms with Gasteiger partial charge in [0.1, 0.15) is 5.75 Å². The number of carbonyl (C=O) groups is 2. The summed E-state index contributed by atoms with van der Waals surface area (Å²) >= 11 is 6.56. The number of benzene rings is 3. The molecular formula is C26H26ClN3O3. The topological polar surface area (TPSA) is 61.9 Å². The monoisotopic (exact) mass is 463 g/mol. The van der Waals surface area contributed by atoms with E-state index in [0.717, 1.165) is 16.8 Å². The van der Waals surface area contributed by atoms with E-state index in [0.29, 0.717) is 48.2 Å². The first-order valence-electron chi connectivity index (χ1n) is 10.8. The second-order valence-corrected chi connectivity index (χ2v) is 8.35. The minimum atomic E-state index is -0.235. The molecular weight excluding hydrogens is 438 g/mol. The van der Waals surface area contributed by atoms with Gasteiger partial charge in [-0.2, -0.15) is 0 Å². The fourth-order valence-corrected chi connectivity index (χ4v) is 4.24. The van der Waals surface area contributed by atoms with Gasteiger partial charge < -0.3 is 19.9 Å². The summed E-state index contributed by atoms with van der Waals surface area (Å²) in [5.41, 5.74) is 3.74. The smallest absolute Gasteiger partial charge is 0.255 e. The SMILES string of the molecule is COc1cccc(C(=O)Nc2ccc(N3CCN(C(=O)c4ccccc4C)CC3)c(Cl)c2)c1. The van der Waals surface area contributed by atoms with Crippen LogP contribution in [0.4, 0.5) is 11.4 Å². The Labute approximate surface area is 198 Å². The summed E-state index contributed by atoms with van der Waals surface area (Å²) in [6, 6.07) is 20.1. The molecule has 1 fully saturated rings. The quantitative estimate of drug-likeness (QED) is 0.586. The maximum Gasteiger partial charge on any atom is 0.255 e. The molecule has 6 nitrogen and oxygen atoms in total. The molecule has 2 amide bonds. The van der Waals surface area contributed by atoms with Gasteiger partial charge in [0, 0.05) is 43.0 Å². The lowest BCUT2D eigenvalue weighted by molar-refractivity contribution is 0.0746. The van der Waals surface area contributed by atoms with Crippen LogP contribution in [0.5, 0.6) is 5.75 Å². The molecule has 1 heterocycles. The molecule has 33 heavy (non-hydrogen) atoms. The molecule has 0 saturated carbocycles. The van der Waals surface area contributed by atoms with Crippen molar-refractivity contribution in [3.05, 3.63) is 88.4 Å².